The van der Waals surface area contributed by atoms with Crippen LogP contribution in [0.15, 0.2) is 18.2 Å². The van der Waals surface area contributed by atoms with E-state index in [0.29, 0.717) is 25.1 Å². The minimum atomic E-state index is -0.817. The molecule has 0 saturated carbocycles. The van der Waals surface area contributed by atoms with Crippen molar-refractivity contribution in [3.63, 3.8) is 0 Å². The SMILES string of the molecule is COc1ccc(NC(=O)NCCCCCC(=O)O)cc1F. The number of amides is 2. The van der Waals surface area contributed by atoms with E-state index in [2.05, 4.69) is 10.6 Å². The molecule has 21 heavy (non-hydrogen) atoms. The first kappa shape index (κ1) is 16.7. The molecule has 1 aromatic carbocycles. The largest absolute Gasteiger partial charge is 0.494 e. The Balaban J connectivity index is 2.24. The van der Waals surface area contributed by atoms with Gasteiger partial charge in [0.1, 0.15) is 0 Å². The normalized spacial score (nSPS) is 10.0. The topological polar surface area (TPSA) is 87.7 Å². The number of hydrogen-bond donors (Lipinski definition) is 3. The third kappa shape index (κ3) is 6.60. The zero-order valence-corrected chi connectivity index (χ0v) is 11.8. The summed E-state index contributed by atoms with van der Waals surface area (Å²) in [4.78, 5) is 21.8. The van der Waals surface area contributed by atoms with Crippen LogP contribution in [0.4, 0.5) is 14.9 Å². The molecular formula is C14H19FN2O4. The molecule has 0 aliphatic heterocycles. The fraction of sp³-hybridized carbons (Fsp3) is 0.429. The maximum absolute atomic E-state index is 13.4. The van der Waals surface area contributed by atoms with Gasteiger partial charge in [-0.2, -0.15) is 0 Å². The average Bonchev–Trinajstić information content (AvgIpc) is 2.42. The van der Waals surface area contributed by atoms with E-state index in [9.17, 15) is 14.0 Å². The number of carbonyl (C=O) groups is 2. The zero-order valence-electron chi connectivity index (χ0n) is 11.8. The number of nitrogens with one attached hydrogen (secondary N) is 2. The van der Waals surface area contributed by atoms with Crippen LogP contribution >= 0.6 is 0 Å². The lowest BCUT2D eigenvalue weighted by Crippen LogP contribution is -2.29. The van der Waals surface area contributed by atoms with Gasteiger partial charge < -0.3 is 20.5 Å². The summed E-state index contributed by atoms with van der Waals surface area (Å²) in [5.74, 6) is -1.26. The number of carboxylic acid groups (broad SMARTS) is 1. The van der Waals surface area contributed by atoms with Gasteiger partial charge in [-0.1, -0.05) is 6.42 Å². The lowest BCUT2D eigenvalue weighted by atomic mass is 10.2. The van der Waals surface area contributed by atoms with E-state index in [1.54, 1.807) is 0 Å². The molecule has 0 aliphatic rings. The van der Waals surface area contributed by atoms with E-state index in [1.807, 2.05) is 0 Å². The Morgan fingerprint density at radius 2 is 2.05 bits per heavy atom. The van der Waals surface area contributed by atoms with Gasteiger partial charge in [0.05, 0.1) is 7.11 Å². The summed E-state index contributed by atoms with van der Waals surface area (Å²) < 4.78 is 18.2. The number of methoxy groups -OCH3 is 1. The number of hydrogen-bond acceptors (Lipinski definition) is 3. The molecule has 7 heteroatoms. The monoisotopic (exact) mass is 298 g/mol. The highest BCUT2D eigenvalue weighted by Gasteiger charge is 2.06. The van der Waals surface area contributed by atoms with Gasteiger partial charge in [0, 0.05) is 24.7 Å². The van der Waals surface area contributed by atoms with Crippen LogP contribution in [0.1, 0.15) is 25.7 Å². The third-order valence-electron chi connectivity index (χ3n) is 2.76. The zero-order chi connectivity index (χ0) is 15.7. The molecule has 0 heterocycles. The van der Waals surface area contributed by atoms with Crippen LogP contribution in [0.5, 0.6) is 5.75 Å². The summed E-state index contributed by atoms with van der Waals surface area (Å²) in [6.07, 6.45) is 2.14. The van der Waals surface area contributed by atoms with E-state index in [1.165, 1.54) is 25.3 Å². The minimum absolute atomic E-state index is 0.111. The number of halogens is 1. The maximum Gasteiger partial charge on any atom is 0.319 e. The maximum atomic E-state index is 13.4. The van der Waals surface area contributed by atoms with Gasteiger partial charge in [-0.3, -0.25) is 4.79 Å². The fourth-order valence-corrected chi connectivity index (χ4v) is 1.70. The first-order valence-electron chi connectivity index (χ1n) is 6.63. The molecule has 0 saturated heterocycles. The van der Waals surface area contributed by atoms with Gasteiger partial charge >= 0.3 is 12.0 Å². The van der Waals surface area contributed by atoms with Crippen LogP contribution in [-0.2, 0) is 4.79 Å². The molecule has 1 rings (SSSR count). The number of urea groups is 1. The van der Waals surface area contributed by atoms with Crippen molar-refractivity contribution in [2.45, 2.75) is 25.7 Å². The van der Waals surface area contributed by atoms with Crippen molar-refractivity contribution in [1.82, 2.24) is 5.32 Å². The summed E-state index contributed by atoms with van der Waals surface area (Å²) in [6.45, 7) is 0.435. The Morgan fingerprint density at radius 3 is 2.67 bits per heavy atom. The Labute approximate surface area is 122 Å². The molecule has 116 valence electrons. The van der Waals surface area contributed by atoms with Gasteiger partial charge in [-0.25, -0.2) is 9.18 Å². The van der Waals surface area contributed by atoms with Gasteiger partial charge in [0.15, 0.2) is 11.6 Å². The highest BCUT2D eigenvalue weighted by Crippen LogP contribution is 2.20. The summed E-state index contributed by atoms with van der Waals surface area (Å²) >= 11 is 0. The van der Waals surface area contributed by atoms with E-state index >= 15 is 0 Å². The molecule has 0 aliphatic carbocycles. The van der Waals surface area contributed by atoms with Crippen molar-refractivity contribution in [2.75, 3.05) is 19.0 Å². The standard InChI is InChI=1S/C14H19FN2O4/c1-21-12-7-6-10(9-11(12)15)17-14(20)16-8-4-2-3-5-13(18)19/h6-7,9H,2-5,8H2,1H3,(H,18,19)(H2,16,17,20). The van der Waals surface area contributed by atoms with Crippen LogP contribution < -0.4 is 15.4 Å². The smallest absolute Gasteiger partial charge is 0.319 e. The van der Waals surface area contributed by atoms with Crippen molar-refractivity contribution in [1.29, 1.82) is 0 Å². The Kier molecular flexibility index (Phi) is 7.00. The highest BCUT2D eigenvalue weighted by atomic mass is 19.1. The predicted molar refractivity (Wildman–Crippen MR) is 76.1 cm³/mol. The molecule has 2 amide bonds. The predicted octanol–water partition coefficient (Wildman–Crippen LogP) is 2.60. The fourth-order valence-electron chi connectivity index (χ4n) is 1.70. The van der Waals surface area contributed by atoms with E-state index in [0.717, 1.165) is 6.42 Å². The highest BCUT2D eigenvalue weighted by molar-refractivity contribution is 5.89. The lowest BCUT2D eigenvalue weighted by Gasteiger charge is -2.08. The van der Waals surface area contributed by atoms with Gasteiger partial charge in [0.25, 0.3) is 0 Å². The van der Waals surface area contributed by atoms with Crippen LogP contribution in [0.25, 0.3) is 0 Å². The molecule has 0 unspecified atom stereocenters. The Hall–Kier alpha value is -2.31. The molecule has 0 aromatic heterocycles. The molecule has 0 bridgehead atoms. The van der Waals surface area contributed by atoms with Crippen molar-refractivity contribution in [3.8, 4) is 5.75 Å². The number of carbonyl (C=O) groups excluding carboxylic acids is 1. The first-order chi connectivity index (χ1) is 10.0. The van der Waals surface area contributed by atoms with Gasteiger partial charge in [0.2, 0.25) is 0 Å². The van der Waals surface area contributed by atoms with Crippen LogP contribution in [0, 0.1) is 5.82 Å². The van der Waals surface area contributed by atoms with Crippen molar-refractivity contribution in [2.24, 2.45) is 0 Å². The van der Waals surface area contributed by atoms with E-state index < -0.39 is 17.8 Å². The van der Waals surface area contributed by atoms with Gasteiger partial charge in [-0.05, 0) is 25.0 Å². The molecule has 0 radical (unpaired) electrons. The Bertz CT molecular complexity index is 494. The van der Waals surface area contributed by atoms with Crippen LogP contribution in [0.2, 0.25) is 0 Å². The molecule has 0 atom stereocenters. The quantitative estimate of drug-likeness (QED) is 0.644. The second kappa shape index (κ2) is 8.78. The molecule has 0 fully saturated rings. The number of benzene rings is 1. The molecule has 6 nitrogen and oxygen atoms in total. The number of anilines is 1. The second-order valence-corrected chi connectivity index (χ2v) is 4.43. The average molecular weight is 298 g/mol. The summed E-state index contributed by atoms with van der Waals surface area (Å²) in [5, 5.41) is 13.6. The number of unbranched alkanes of at least 4 members (excludes halogenated alkanes) is 2. The van der Waals surface area contributed by atoms with E-state index in [-0.39, 0.29) is 12.2 Å². The molecular weight excluding hydrogens is 279 g/mol. The number of carboxylic acids is 1. The Morgan fingerprint density at radius 1 is 1.29 bits per heavy atom. The lowest BCUT2D eigenvalue weighted by molar-refractivity contribution is -0.137. The van der Waals surface area contributed by atoms with Gasteiger partial charge in [-0.15, -0.1) is 0 Å². The number of rotatable bonds is 8. The van der Waals surface area contributed by atoms with Crippen molar-refractivity contribution < 1.29 is 23.8 Å². The van der Waals surface area contributed by atoms with Crippen molar-refractivity contribution in [3.05, 3.63) is 24.0 Å². The minimum Gasteiger partial charge on any atom is -0.494 e. The van der Waals surface area contributed by atoms with Crippen LogP contribution in [-0.4, -0.2) is 30.8 Å². The summed E-state index contributed by atoms with van der Waals surface area (Å²) in [7, 11) is 1.36. The summed E-state index contributed by atoms with van der Waals surface area (Å²) in [6, 6.07) is 3.70. The van der Waals surface area contributed by atoms with E-state index in [4.69, 9.17) is 9.84 Å². The van der Waals surface area contributed by atoms with Crippen LogP contribution in [0.3, 0.4) is 0 Å². The molecule has 1 aromatic rings. The number of ether oxygens (including phenoxy) is 1. The van der Waals surface area contributed by atoms with Crippen molar-refractivity contribution >= 4 is 17.7 Å². The molecule has 3 N–H and O–H groups in total. The number of aliphatic carboxylic acids is 1. The molecule has 0 spiro atoms. The first-order valence-corrected chi connectivity index (χ1v) is 6.63. The second-order valence-electron chi connectivity index (χ2n) is 4.43. The third-order valence-corrected chi connectivity index (χ3v) is 2.76. The summed E-state index contributed by atoms with van der Waals surface area (Å²) in [5.41, 5.74) is 0.330.